The van der Waals surface area contributed by atoms with Gasteiger partial charge in [-0.2, -0.15) is 0 Å². The van der Waals surface area contributed by atoms with Gasteiger partial charge >= 0.3 is 6.36 Å². The lowest BCUT2D eigenvalue weighted by atomic mass is 10.4. The number of nitrogens with zero attached hydrogens (tertiary/aromatic N) is 2. The van der Waals surface area contributed by atoms with Gasteiger partial charge in [0.05, 0.1) is 6.42 Å². The van der Waals surface area contributed by atoms with Crippen molar-refractivity contribution in [1.29, 1.82) is 0 Å². The molecule has 0 amide bonds. The van der Waals surface area contributed by atoms with Crippen LogP contribution in [-0.2, 0) is 4.74 Å². The number of halogens is 3. The van der Waals surface area contributed by atoms with E-state index in [-0.39, 0.29) is 5.90 Å². The lowest BCUT2D eigenvalue weighted by Crippen LogP contribution is -2.18. The summed E-state index contributed by atoms with van der Waals surface area (Å²) in [5.41, 5.74) is 0. The van der Waals surface area contributed by atoms with E-state index >= 15 is 0 Å². The lowest BCUT2D eigenvalue weighted by molar-refractivity contribution is -0.283. The van der Waals surface area contributed by atoms with Crippen molar-refractivity contribution < 1.29 is 17.9 Å². The molecule has 0 saturated heterocycles. The largest absolute Gasteiger partial charge is 0.574 e. The van der Waals surface area contributed by atoms with Crippen molar-refractivity contribution in [2.45, 2.75) is 6.36 Å². The molecule has 1 rings (SSSR count). The maximum atomic E-state index is 11.5. The van der Waals surface area contributed by atoms with E-state index < -0.39 is 6.36 Å². The Labute approximate surface area is 61.4 Å². The molecule has 0 saturated carbocycles. The molecule has 0 fully saturated rings. The zero-order valence-corrected chi connectivity index (χ0v) is 5.72. The van der Waals surface area contributed by atoms with Gasteiger partial charge in [-0.25, -0.2) is 0 Å². The molecular weight excluding hydrogens is 161 g/mol. The highest BCUT2D eigenvalue weighted by molar-refractivity contribution is 5.86. The van der Waals surface area contributed by atoms with E-state index in [0.717, 1.165) is 0 Å². The number of hydrazone groups is 1. The Balaban J connectivity index is 2.45. The predicted molar refractivity (Wildman–Crippen MR) is 31.5 cm³/mol. The van der Waals surface area contributed by atoms with Gasteiger partial charge in [0.25, 0.3) is 0 Å². The number of hydrogen-bond donors (Lipinski definition) is 0. The normalized spacial score (nSPS) is 18.5. The van der Waals surface area contributed by atoms with Gasteiger partial charge in [-0.1, -0.05) is 0 Å². The quantitative estimate of drug-likeness (QED) is 0.537. The summed E-state index contributed by atoms with van der Waals surface area (Å²) in [6, 6.07) is 0. The molecule has 3 nitrogen and oxygen atoms in total. The smallest absolute Gasteiger partial charge is 0.390 e. The first-order valence-electron chi connectivity index (χ1n) is 2.86. The van der Waals surface area contributed by atoms with E-state index in [2.05, 4.69) is 9.84 Å². The maximum absolute atomic E-state index is 11.5. The van der Waals surface area contributed by atoms with Crippen molar-refractivity contribution in [3.05, 3.63) is 6.42 Å². The Bertz CT molecular complexity index is 177. The first-order valence-corrected chi connectivity index (χ1v) is 2.86. The summed E-state index contributed by atoms with van der Waals surface area (Å²) in [7, 11) is 1.56. The van der Waals surface area contributed by atoms with Gasteiger partial charge < -0.3 is 4.74 Å². The van der Waals surface area contributed by atoms with E-state index in [4.69, 9.17) is 0 Å². The van der Waals surface area contributed by atoms with Gasteiger partial charge in [0.15, 0.2) is 0 Å². The van der Waals surface area contributed by atoms with Crippen molar-refractivity contribution in [3.63, 3.8) is 0 Å². The molecule has 0 spiro atoms. The molecule has 0 aromatic rings. The zero-order chi connectivity index (χ0) is 8.48. The molecule has 1 heterocycles. The predicted octanol–water partition coefficient (Wildman–Crippen LogP) is 0.986. The molecule has 0 aromatic heterocycles. The van der Waals surface area contributed by atoms with Gasteiger partial charge in [-0.3, -0.25) is 5.01 Å². The van der Waals surface area contributed by atoms with Gasteiger partial charge in [0, 0.05) is 13.6 Å². The fourth-order valence-corrected chi connectivity index (χ4v) is 0.641. The van der Waals surface area contributed by atoms with Crippen LogP contribution in [0.3, 0.4) is 0 Å². The second-order valence-corrected chi connectivity index (χ2v) is 2.03. The summed E-state index contributed by atoms with van der Waals surface area (Å²) >= 11 is 0. The number of ether oxygens (including phenoxy) is 1. The minimum atomic E-state index is -4.64. The highest BCUT2D eigenvalue weighted by Gasteiger charge is 2.34. The first-order chi connectivity index (χ1) is 4.97. The minimum absolute atomic E-state index is 0.353. The molecule has 0 unspecified atom stereocenters. The van der Waals surface area contributed by atoms with Crippen LogP contribution in [0.25, 0.3) is 0 Å². The van der Waals surface area contributed by atoms with E-state index in [1.54, 1.807) is 7.05 Å². The van der Waals surface area contributed by atoms with Crippen LogP contribution in [0.1, 0.15) is 0 Å². The molecule has 63 valence electrons. The number of hydrogen-bond acceptors (Lipinski definition) is 3. The van der Waals surface area contributed by atoms with Crippen LogP contribution in [0.15, 0.2) is 5.10 Å². The molecule has 0 N–H and O–H groups in total. The van der Waals surface area contributed by atoms with Crippen LogP contribution in [0, 0.1) is 6.42 Å². The maximum Gasteiger partial charge on any atom is 0.574 e. The van der Waals surface area contributed by atoms with Gasteiger partial charge in [-0.05, 0) is 0 Å². The number of alkyl halides is 3. The second-order valence-electron chi connectivity index (χ2n) is 2.03. The van der Waals surface area contributed by atoms with Crippen LogP contribution in [0.2, 0.25) is 0 Å². The summed E-state index contributed by atoms with van der Waals surface area (Å²) in [6.07, 6.45) is -3.38. The molecule has 1 aliphatic rings. The Morgan fingerprint density at radius 1 is 1.64 bits per heavy atom. The molecule has 0 bridgehead atoms. The van der Waals surface area contributed by atoms with Crippen molar-refractivity contribution in [1.82, 2.24) is 5.01 Å². The average molecular weight is 167 g/mol. The van der Waals surface area contributed by atoms with Crippen molar-refractivity contribution >= 4 is 5.90 Å². The molecule has 0 aliphatic carbocycles. The fraction of sp³-hybridized carbons (Fsp3) is 0.600. The van der Waals surface area contributed by atoms with E-state index in [9.17, 15) is 13.2 Å². The van der Waals surface area contributed by atoms with Crippen LogP contribution >= 0.6 is 0 Å². The summed E-state index contributed by atoms with van der Waals surface area (Å²) in [4.78, 5) is 0. The third kappa shape index (κ3) is 2.65. The molecule has 0 atom stereocenters. The Kier molecular flexibility index (Phi) is 1.92. The van der Waals surface area contributed by atoms with E-state index in [1.807, 2.05) is 0 Å². The summed E-state index contributed by atoms with van der Waals surface area (Å²) in [6.45, 7) is 0.353. The highest BCUT2D eigenvalue weighted by Crippen LogP contribution is 2.19. The molecule has 1 aliphatic heterocycles. The van der Waals surface area contributed by atoms with Gasteiger partial charge in [-0.15, -0.1) is 18.3 Å². The standard InChI is InChI=1S/C5H6F3N2O/c1-10-3-2-4(9-10)11-5(6,7)8/h2H,3H2,1H3. The van der Waals surface area contributed by atoms with Crippen LogP contribution < -0.4 is 0 Å². The minimum Gasteiger partial charge on any atom is -0.390 e. The van der Waals surface area contributed by atoms with Crippen molar-refractivity contribution in [3.8, 4) is 0 Å². The zero-order valence-electron chi connectivity index (χ0n) is 5.72. The molecule has 6 heteroatoms. The van der Waals surface area contributed by atoms with Crippen molar-refractivity contribution in [2.24, 2.45) is 5.10 Å². The second kappa shape index (κ2) is 2.60. The molecule has 0 aromatic carbocycles. The van der Waals surface area contributed by atoms with Crippen molar-refractivity contribution in [2.75, 3.05) is 13.6 Å². The van der Waals surface area contributed by atoms with E-state index in [0.29, 0.717) is 6.54 Å². The highest BCUT2D eigenvalue weighted by atomic mass is 19.4. The van der Waals surface area contributed by atoms with Gasteiger partial charge in [0.1, 0.15) is 0 Å². The third-order valence-corrected chi connectivity index (χ3v) is 1.02. The SMILES string of the molecule is CN1C[CH]C(OC(F)(F)F)=N1. The monoisotopic (exact) mass is 167 g/mol. The van der Waals surface area contributed by atoms with Crippen LogP contribution in [-0.4, -0.2) is 30.9 Å². The fourth-order valence-electron chi connectivity index (χ4n) is 0.641. The summed E-state index contributed by atoms with van der Waals surface area (Å²) in [5, 5.41) is 4.77. The van der Waals surface area contributed by atoms with E-state index in [1.165, 1.54) is 11.4 Å². The average Bonchev–Trinajstić information content (AvgIpc) is 2.10. The summed E-state index contributed by atoms with van der Waals surface area (Å²) in [5.74, 6) is -0.389. The lowest BCUT2D eigenvalue weighted by Gasteiger charge is -2.05. The van der Waals surface area contributed by atoms with Crippen LogP contribution in [0.4, 0.5) is 13.2 Å². The third-order valence-electron chi connectivity index (χ3n) is 1.02. The Morgan fingerprint density at radius 2 is 2.27 bits per heavy atom. The topological polar surface area (TPSA) is 24.8 Å². The number of rotatable bonds is 0. The molecule has 1 radical (unpaired) electrons. The Morgan fingerprint density at radius 3 is 2.64 bits per heavy atom. The summed E-state index contributed by atoms with van der Waals surface area (Å²) < 4.78 is 38.0. The van der Waals surface area contributed by atoms with Gasteiger partial charge in [0.2, 0.25) is 5.90 Å². The molecular formula is C5H6F3N2O. The van der Waals surface area contributed by atoms with Crippen LogP contribution in [0.5, 0.6) is 0 Å². The first kappa shape index (κ1) is 8.16. The Hall–Kier alpha value is -0.940. The molecule has 11 heavy (non-hydrogen) atoms.